The van der Waals surface area contributed by atoms with Crippen LogP contribution in [0.25, 0.3) is 0 Å². The first kappa shape index (κ1) is 20.3. The van der Waals surface area contributed by atoms with E-state index in [-0.39, 0.29) is 6.61 Å². The van der Waals surface area contributed by atoms with Crippen LogP contribution in [0.2, 0.25) is 5.02 Å². The first-order valence-electron chi connectivity index (χ1n) is 8.06. The first-order chi connectivity index (χ1) is 12.9. The van der Waals surface area contributed by atoms with E-state index in [1.165, 1.54) is 7.11 Å². The molecular formula is C19H20ClN3O4. The summed E-state index contributed by atoms with van der Waals surface area (Å²) >= 11 is 5.99. The van der Waals surface area contributed by atoms with Gasteiger partial charge < -0.3 is 20.2 Å². The molecule has 0 bridgehead atoms. The number of carbonyl (C=O) groups is 2. The minimum absolute atomic E-state index is 0.350. The topological polar surface area (TPSA) is 89.0 Å². The number of amides is 2. The molecule has 8 heteroatoms. The molecule has 2 N–H and O–H groups in total. The standard InChI is InChI=1S/C19H20ClN3O4/c1-12-4-6-16(13(2)8-12)23-18(24)10-21-27-11-19(25)22-14-5-7-17(26-3)15(20)9-14/h4-10H,11H2,1-3H3,(H,22,25)(H,23,24)/b21-10-. The van der Waals surface area contributed by atoms with Crippen molar-refractivity contribution in [2.24, 2.45) is 5.16 Å². The quantitative estimate of drug-likeness (QED) is 0.560. The van der Waals surface area contributed by atoms with Gasteiger partial charge in [-0.05, 0) is 43.7 Å². The minimum Gasteiger partial charge on any atom is -0.495 e. The van der Waals surface area contributed by atoms with E-state index in [4.69, 9.17) is 21.2 Å². The molecule has 0 aromatic heterocycles. The third-order valence-electron chi connectivity index (χ3n) is 3.52. The highest BCUT2D eigenvalue weighted by atomic mass is 35.5. The van der Waals surface area contributed by atoms with E-state index in [2.05, 4.69) is 15.8 Å². The number of nitrogens with one attached hydrogen (secondary N) is 2. The fourth-order valence-electron chi connectivity index (χ4n) is 2.24. The summed E-state index contributed by atoms with van der Waals surface area (Å²) in [7, 11) is 1.50. The second-order valence-electron chi connectivity index (χ2n) is 5.71. The molecule has 2 amide bonds. The molecular weight excluding hydrogens is 370 g/mol. The molecule has 0 heterocycles. The molecule has 0 fully saturated rings. The van der Waals surface area contributed by atoms with Gasteiger partial charge >= 0.3 is 0 Å². The van der Waals surface area contributed by atoms with Gasteiger partial charge in [0.05, 0.1) is 12.1 Å². The van der Waals surface area contributed by atoms with Crippen molar-refractivity contribution in [1.82, 2.24) is 0 Å². The summed E-state index contributed by atoms with van der Waals surface area (Å²) in [4.78, 5) is 28.5. The third-order valence-corrected chi connectivity index (χ3v) is 3.81. The van der Waals surface area contributed by atoms with Gasteiger partial charge in [-0.1, -0.05) is 34.5 Å². The van der Waals surface area contributed by atoms with Gasteiger partial charge in [0, 0.05) is 11.4 Å². The van der Waals surface area contributed by atoms with Crippen LogP contribution < -0.4 is 15.4 Å². The van der Waals surface area contributed by atoms with Gasteiger partial charge in [0.15, 0.2) is 6.61 Å². The number of benzene rings is 2. The van der Waals surface area contributed by atoms with Crippen LogP contribution in [0.15, 0.2) is 41.6 Å². The Morgan fingerprint density at radius 1 is 1.15 bits per heavy atom. The van der Waals surface area contributed by atoms with Crippen LogP contribution in [0.5, 0.6) is 5.75 Å². The van der Waals surface area contributed by atoms with Gasteiger partial charge in [0.1, 0.15) is 12.0 Å². The van der Waals surface area contributed by atoms with E-state index in [1.807, 2.05) is 32.0 Å². The van der Waals surface area contributed by atoms with Crippen molar-refractivity contribution in [2.45, 2.75) is 13.8 Å². The van der Waals surface area contributed by atoms with E-state index in [0.717, 1.165) is 17.3 Å². The molecule has 0 aliphatic carbocycles. The smallest absolute Gasteiger partial charge is 0.270 e. The Balaban J connectivity index is 1.78. The predicted molar refractivity (Wildman–Crippen MR) is 106 cm³/mol. The van der Waals surface area contributed by atoms with Crippen molar-refractivity contribution >= 4 is 41.0 Å². The monoisotopic (exact) mass is 389 g/mol. The van der Waals surface area contributed by atoms with Crippen LogP contribution in [0.4, 0.5) is 11.4 Å². The Labute approximate surface area is 162 Å². The van der Waals surface area contributed by atoms with Crippen molar-refractivity contribution < 1.29 is 19.2 Å². The minimum atomic E-state index is -0.454. The van der Waals surface area contributed by atoms with Gasteiger partial charge in [0.25, 0.3) is 11.8 Å². The van der Waals surface area contributed by atoms with Crippen LogP contribution in [-0.2, 0) is 14.4 Å². The maximum atomic E-state index is 11.8. The van der Waals surface area contributed by atoms with Gasteiger partial charge in [-0.3, -0.25) is 9.59 Å². The predicted octanol–water partition coefficient (Wildman–Crippen LogP) is 3.55. The molecule has 0 atom stereocenters. The Hall–Kier alpha value is -3.06. The number of oxime groups is 1. The molecule has 0 unspecified atom stereocenters. The second-order valence-corrected chi connectivity index (χ2v) is 6.12. The highest BCUT2D eigenvalue weighted by Gasteiger charge is 2.07. The number of ether oxygens (including phenoxy) is 1. The normalized spacial score (nSPS) is 10.5. The van der Waals surface area contributed by atoms with Crippen molar-refractivity contribution in [3.63, 3.8) is 0 Å². The van der Waals surface area contributed by atoms with Gasteiger partial charge in [0.2, 0.25) is 0 Å². The van der Waals surface area contributed by atoms with Crippen molar-refractivity contribution in [1.29, 1.82) is 0 Å². The van der Waals surface area contributed by atoms with Crippen LogP contribution in [0, 0.1) is 13.8 Å². The fourth-order valence-corrected chi connectivity index (χ4v) is 2.50. The summed E-state index contributed by atoms with van der Waals surface area (Å²) in [5.74, 6) is -0.391. The lowest BCUT2D eigenvalue weighted by Crippen LogP contribution is -2.18. The molecule has 0 spiro atoms. The number of hydrogen-bond donors (Lipinski definition) is 2. The zero-order chi connectivity index (χ0) is 19.8. The summed E-state index contributed by atoms with van der Waals surface area (Å²) in [5.41, 5.74) is 3.22. The summed E-state index contributed by atoms with van der Waals surface area (Å²) < 4.78 is 5.04. The number of carbonyl (C=O) groups excluding carboxylic acids is 2. The summed E-state index contributed by atoms with van der Waals surface area (Å²) in [6.45, 7) is 3.52. The lowest BCUT2D eigenvalue weighted by atomic mass is 10.1. The van der Waals surface area contributed by atoms with Crippen LogP contribution >= 0.6 is 11.6 Å². The number of aryl methyl sites for hydroxylation is 2. The molecule has 7 nitrogen and oxygen atoms in total. The number of anilines is 2. The number of methoxy groups -OCH3 is 1. The number of nitrogens with zero attached hydrogens (tertiary/aromatic N) is 1. The van der Waals surface area contributed by atoms with E-state index in [9.17, 15) is 9.59 Å². The maximum Gasteiger partial charge on any atom is 0.270 e. The highest BCUT2D eigenvalue weighted by Crippen LogP contribution is 2.27. The van der Waals surface area contributed by atoms with Crippen LogP contribution in [-0.4, -0.2) is 31.7 Å². The molecule has 2 rings (SSSR count). The average Bonchev–Trinajstić information content (AvgIpc) is 2.61. The molecule has 0 saturated carbocycles. The number of rotatable bonds is 7. The van der Waals surface area contributed by atoms with Crippen LogP contribution in [0.3, 0.4) is 0 Å². The number of halogens is 1. The summed E-state index contributed by atoms with van der Waals surface area (Å²) in [6.07, 6.45) is 0.969. The van der Waals surface area contributed by atoms with E-state index in [0.29, 0.717) is 22.1 Å². The van der Waals surface area contributed by atoms with Crippen LogP contribution in [0.1, 0.15) is 11.1 Å². The number of hydrogen-bond acceptors (Lipinski definition) is 5. The van der Waals surface area contributed by atoms with E-state index >= 15 is 0 Å². The van der Waals surface area contributed by atoms with E-state index in [1.54, 1.807) is 18.2 Å². The summed E-state index contributed by atoms with van der Waals surface area (Å²) in [5, 5.41) is 9.15. The lowest BCUT2D eigenvalue weighted by molar-refractivity contribution is -0.120. The highest BCUT2D eigenvalue weighted by molar-refractivity contribution is 6.32. The largest absolute Gasteiger partial charge is 0.495 e. The molecule has 2 aromatic carbocycles. The molecule has 0 aliphatic rings. The van der Waals surface area contributed by atoms with Crippen molar-refractivity contribution in [3.8, 4) is 5.75 Å². The van der Waals surface area contributed by atoms with Gasteiger partial charge in [-0.15, -0.1) is 0 Å². The zero-order valence-electron chi connectivity index (χ0n) is 15.2. The zero-order valence-corrected chi connectivity index (χ0v) is 16.0. The Morgan fingerprint density at radius 3 is 2.59 bits per heavy atom. The van der Waals surface area contributed by atoms with Crippen molar-refractivity contribution in [3.05, 3.63) is 52.5 Å². The SMILES string of the molecule is COc1ccc(NC(=O)CO/N=C\C(=O)Nc2ccc(C)cc2C)cc1Cl. The Morgan fingerprint density at radius 2 is 1.93 bits per heavy atom. The summed E-state index contributed by atoms with van der Waals surface area (Å²) in [6, 6.07) is 10.5. The molecule has 0 radical (unpaired) electrons. The molecule has 0 aliphatic heterocycles. The average molecular weight is 390 g/mol. The van der Waals surface area contributed by atoms with Gasteiger partial charge in [-0.2, -0.15) is 0 Å². The molecule has 142 valence electrons. The van der Waals surface area contributed by atoms with E-state index < -0.39 is 11.8 Å². The lowest BCUT2D eigenvalue weighted by Gasteiger charge is -2.07. The van der Waals surface area contributed by atoms with Crippen molar-refractivity contribution in [2.75, 3.05) is 24.4 Å². The Bertz CT molecular complexity index is 868. The Kier molecular flexibility index (Phi) is 7.19. The second kappa shape index (κ2) is 9.59. The van der Waals surface area contributed by atoms with Gasteiger partial charge in [-0.25, -0.2) is 0 Å². The molecule has 0 saturated heterocycles. The third kappa shape index (κ3) is 6.31. The molecule has 2 aromatic rings. The fraction of sp³-hybridized carbons (Fsp3) is 0.211. The molecule has 27 heavy (non-hydrogen) atoms. The maximum absolute atomic E-state index is 11.8. The first-order valence-corrected chi connectivity index (χ1v) is 8.44.